The molecular formula is C23H21N3O3. The van der Waals surface area contributed by atoms with E-state index in [2.05, 4.69) is 9.97 Å². The molecule has 0 N–H and O–H groups in total. The minimum atomic E-state index is -0.369. The van der Waals surface area contributed by atoms with Gasteiger partial charge in [0.15, 0.2) is 0 Å². The molecule has 29 heavy (non-hydrogen) atoms. The lowest BCUT2D eigenvalue weighted by Gasteiger charge is -2.36. The maximum Gasteiger partial charge on any atom is 0.234 e. The zero-order valence-electron chi connectivity index (χ0n) is 15.9. The third kappa shape index (κ3) is 3.42. The number of para-hydroxylation sites is 2. The van der Waals surface area contributed by atoms with Crippen molar-refractivity contribution in [2.24, 2.45) is 0 Å². The number of aromatic nitrogens is 2. The summed E-state index contributed by atoms with van der Waals surface area (Å²) < 4.78 is 12.0. The van der Waals surface area contributed by atoms with E-state index < -0.39 is 0 Å². The van der Waals surface area contributed by atoms with E-state index in [1.165, 1.54) is 0 Å². The minimum absolute atomic E-state index is 0.0839. The van der Waals surface area contributed by atoms with E-state index in [-0.39, 0.29) is 17.9 Å². The average Bonchev–Trinajstić information content (AvgIpc) is 2.78. The number of fused-ring (bicyclic) bond motifs is 2. The Labute approximate surface area is 169 Å². The van der Waals surface area contributed by atoms with Crippen LogP contribution in [0.3, 0.4) is 0 Å². The second-order valence-electron chi connectivity index (χ2n) is 7.32. The third-order valence-corrected chi connectivity index (χ3v) is 5.44. The van der Waals surface area contributed by atoms with Crippen LogP contribution < -0.4 is 9.47 Å². The Morgan fingerprint density at radius 2 is 1.76 bits per heavy atom. The van der Waals surface area contributed by atoms with Crippen LogP contribution in [0.1, 0.15) is 29.9 Å². The second kappa shape index (κ2) is 7.54. The number of rotatable bonds is 3. The van der Waals surface area contributed by atoms with Crippen LogP contribution in [0.15, 0.2) is 67.1 Å². The van der Waals surface area contributed by atoms with Gasteiger partial charge in [-0.25, -0.2) is 4.98 Å². The van der Waals surface area contributed by atoms with E-state index in [0.29, 0.717) is 12.4 Å². The highest BCUT2D eigenvalue weighted by atomic mass is 16.5. The van der Waals surface area contributed by atoms with Gasteiger partial charge in [-0.3, -0.25) is 9.78 Å². The zero-order chi connectivity index (χ0) is 19.6. The Bertz CT molecular complexity index is 979. The van der Waals surface area contributed by atoms with Gasteiger partial charge in [-0.2, -0.15) is 0 Å². The summed E-state index contributed by atoms with van der Waals surface area (Å²) in [4.78, 5) is 23.8. The number of likely N-dealkylation sites (tertiary alicyclic amines) is 1. The van der Waals surface area contributed by atoms with Gasteiger partial charge in [-0.15, -0.1) is 0 Å². The highest BCUT2D eigenvalue weighted by Crippen LogP contribution is 2.44. The van der Waals surface area contributed by atoms with Crippen molar-refractivity contribution >= 4 is 5.91 Å². The van der Waals surface area contributed by atoms with Gasteiger partial charge in [0, 0.05) is 30.1 Å². The lowest BCUT2D eigenvalue weighted by molar-refractivity contribution is -0.134. The lowest BCUT2D eigenvalue weighted by atomic mass is 9.86. The second-order valence-corrected chi connectivity index (χ2v) is 7.32. The zero-order valence-corrected chi connectivity index (χ0v) is 15.9. The van der Waals surface area contributed by atoms with Crippen LogP contribution in [0.4, 0.5) is 0 Å². The standard InChI is InChI=1S/C23H21N3O3/c27-23(26-13-5-6-16(15-26)28-21-14-24-11-12-25-21)22-17-7-1-3-9-19(17)29-20-10-4-2-8-18(20)22/h1-4,7-12,14,16,22H,5-6,13,15H2. The van der Waals surface area contributed by atoms with Crippen molar-refractivity contribution in [3.8, 4) is 17.4 Å². The van der Waals surface area contributed by atoms with E-state index in [9.17, 15) is 4.79 Å². The Kier molecular flexibility index (Phi) is 4.60. The molecule has 0 bridgehead atoms. The van der Waals surface area contributed by atoms with Gasteiger partial charge in [-0.1, -0.05) is 36.4 Å². The number of ether oxygens (including phenoxy) is 2. The third-order valence-electron chi connectivity index (χ3n) is 5.44. The lowest BCUT2D eigenvalue weighted by Crippen LogP contribution is -2.46. The SMILES string of the molecule is O=C(C1c2ccccc2Oc2ccccc21)N1CCCC(Oc2cnccn2)C1. The molecule has 1 aromatic heterocycles. The monoisotopic (exact) mass is 387 g/mol. The predicted molar refractivity (Wildman–Crippen MR) is 107 cm³/mol. The first-order valence-corrected chi connectivity index (χ1v) is 9.87. The normalized spacial score (nSPS) is 18.3. The topological polar surface area (TPSA) is 64.5 Å². The fourth-order valence-electron chi connectivity index (χ4n) is 4.11. The van der Waals surface area contributed by atoms with Crippen molar-refractivity contribution in [3.05, 3.63) is 78.2 Å². The number of carbonyl (C=O) groups excluding carboxylic acids is 1. The van der Waals surface area contributed by atoms with Crippen LogP contribution in [-0.4, -0.2) is 40.0 Å². The van der Waals surface area contributed by atoms with Gasteiger partial charge >= 0.3 is 0 Å². The quantitative estimate of drug-likeness (QED) is 0.684. The molecule has 146 valence electrons. The van der Waals surface area contributed by atoms with Gasteiger partial charge < -0.3 is 14.4 Å². The van der Waals surface area contributed by atoms with E-state index in [4.69, 9.17) is 9.47 Å². The van der Waals surface area contributed by atoms with Gasteiger partial charge in [0.05, 0.1) is 18.7 Å². The Balaban J connectivity index is 1.41. The van der Waals surface area contributed by atoms with Crippen LogP contribution in [0.5, 0.6) is 17.4 Å². The molecule has 6 heteroatoms. The molecular weight excluding hydrogens is 366 g/mol. The van der Waals surface area contributed by atoms with Crippen molar-refractivity contribution in [1.82, 2.24) is 14.9 Å². The first-order valence-electron chi connectivity index (χ1n) is 9.87. The Hall–Kier alpha value is -3.41. The van der Waals surface area contributed by atoms with Crippen molar-refractivity contribution in [2.75, 3.05) is 13.1 Å². The Morgan fingerprint density at radius 3 is 2.45 bits per heavy atom. The molecule has 1 amide bonds. The van der Waals surface area contributed by atoms with Crippen LogP contribution in [-0.2, 0) is 4.79 Å². The molecule has 3 heterocycles. The molecule has 0 saturated carbocycles. The molecule has 0 aliphatic carbocycles. The van der Waals surface area contributed by atoms with E-state index in [1.807, 2.05) is 53.4 Å². The van der Waals surface area contributed by atoms with Gasteiger partial charge in [-0.05, 0) is 25.0 Å². The largest absolute Gasteiger partial charge is 0.471 e. The summed E-state index contributed by atoms with van der Waals surface area (Å²) in [6.45, 7) is 1.26. The number of piperidine rings is 1. The number of hydrogen-bond acceptors (Lipinski definition) is 5. The van der Waals surface area contributed by atoms with Crippen molar-refractivity contribution in [2.45, 2.75) is 24.9 Å². The highest BCUT2D eigenvalue weighted by Gasteiger charge is 2.37. The van der Waals surface area contributed by atoms with Crippen molar-refractivity contribution < 1.29 is 14.3 Å². The number of benzene rings is 2. The van der Waals surface area contributed by atoms with Gasteiger partial charge in [0.25, 0.3) is 0 Å². The van der Waals surface area contributed by atoms with Crippen LogP contribution in [0.2, 0.25) is 0 Å². The molecule has 1 fully saturated rings. The van der Waals surface area contributed by atoms with Crippen LogP contribution in [0.25, 0.3) is 0 Å². The van der Waals surface area contributed by atoms with E-state index in [1.54, 1.807) is 18.6 Å². The molecule has 2 aliphatic rings. The maximum absolute atomic E-state index is 13.7. The minimum Gasteiger partial charge on any atom is -0.471 e. The molecule has 5 rings (SSSR count). The molecule has 1 saturated heterocycles. The first-order chi connectivity index (χ1) is 14.3. The molecule has 1 atom stereocenters. The smallest absolute Gasteiger partial charge is 0.234 e. The number of nitrogens with zero attached hydrogens (tertiary/aromatic N) is 3. The van der Waals surface area contributed by atoms with Crippen molar-refractivity contribution in [3.63, 3.8) is 0 Å². The molecule has 6 nitrogen and oxygen atoms in total. The van der Waals surface area contributed by atoms with Gasteiger partial charge in [0.1, 0.15) is 17.6 Å². The van der Waals surface area contributed by atoms with Crippen LogP contribution in [0, 0.1) is 0 Å². The molecule has 1 unspecified atom stereocenters. The fraction of sp³-hybridized carbons (Fsp3) is 0.261. The van der Waals surface area contributed by atoms with Crippen LogP contribution >= 0.6 is 0 Å². The fourth-order valence-corrected chi connectivity index (χ4v) is 4.11. The van der Waals surface area contributed by atoms with E-state index in [0.717, 1.165) is 42.0 Å². The molecule has 0 spiro atoms. The molecule has 3 aromatic rings. The summed E-state index contributed by atoms with van der Waals surface area (Å²) in [6, 6.07) is 15.6. The summed E-state index contributed by atoms with van der Waals surface area (Å²) in [5, 5.41) is 0. The van der Waals surface area contributed by atoms with Gasteiger partial charge in [0.2, 0.25) is 11.8 Å². The molecule has 2 aromatic carbocycles. The number of carbonyl (C=O) groups is 1. The summed E-state index contributed by atoms with van der Waals surface area (Å²) >= 11 is 0. The Morgan fingerprint density at radius 1 is 1.03 bits per heavy atom. The summed E-state index contributed by atoms with van der Waals surface area (Å²) in [5.74, 6) is 1.70. The number of hydrogen-bond donors (Lipinski definition) is 0. The summed E-state index contributed by atoms with van der Waals surface area (Å²) in [6.07, 6.45) is 6.52. The highest BCUT2D eigenvalue weighted by molar-refractivity contribution is 5.89. The number of amides is 1. The van der Waals surface area contributed by atoms with E-state index >= 15 is 0 Å². The molecule has 2 aliphatic heterocycles. The summed E-state index contributed by atoms with van der Waals surface area (Å²) in [5.41, 5.74) is 1.82. The maximum atomic E-state index is 13.7. The average molecular weight is 387 g/mol. The summed E-state index contributed by atoms with van der Waals surface area (Å²) in [7, 11) is 0. The predicted octanol–water partition coefficient (Wildman–Crippen LogP) is 3.78. The first kappa shape index (κ1) is 17.7. The van der Waals surface area contributed by atoms with Crippen molar-refractivity contribution in [1.29, 1.82) is 0 Å². The molecule has 0 radical (unpaired) electrons.